The van der Waals surface area contributed by atoms with Crippen molar-refractivity contribution >= 4 is 17.3 Å². The standard InChI is InChI=1S/C29H33NO10/c1-12-24(32)16(30(3)4)9-19(39-12)40-18-11-29(37,13(2)31)10-15-21(18)28(36)23-22(26(15)34)25(33)14-7-6-8-17(38-5)20(14)27(23)35/h6-8,12,16,18-19,24,32,34,36-37H,9-11H2,1-5H3/t12-,16-,18-,19+,24-,29+/m1/s1. The summed E-state index contributed by atoms with van der Waals surface area (Å²) < 4.78 is 17.4. The summed E-state index contributed by atoms with van der Waals surface area (Å²) in [6.07, 6.45) is -4.02. The zero-order chi connectivity index (χ0) is 29.3. The van der Waals surface area contributed by atoms with Crippen molar-refractivity contribution in [2.45, 2.75) is 69.4 Å². The zero-order valence-corrected chi connectivity index (χ0v) is 22.9. The number of phenols is 2. The smallest absolute Gasteiger partial charge is 0.202 e. The summed E-state index contributed by atoms with van der Waals surface area (Å²) in [5.41, 5.74) is -2.92. The summed E-state index contributed by atoms with van der Waals surface area (Å²) in [5, 5.41) is 44.9. The number of likely N-dealkylation sites (N-methyl/N-ethyl adjacent to an activating group) is 1. The molecule has 2 aliphatic carbocycles. The number of ketones is 3. The number of aromatic hydroxyl groups is 2. The highest BCUT2D eigenvalue weighted by Crippen LogP contribution is 2.52. The van der Waals surface area contributed by atoms with Crippen LogP contribution >= 0.6 is 0 Å². The molecule has 0 amide bonds. The van der Waals surface area contributed by atoms with Crippen molar-refractivity contribution < 1.29 is 49.0 Å². The monoisotopic (exact) mass is 555 g/mol. The van der Waals surface area contributed by atoms with E-state index in [1.807, 2.05) is 4.90 Å². The van der Waals surface area contributed by atoms with Gasteiger partial charge in [-0.2, -0.15) is 0 Å². The van der Waals surface area contributed by atoms with Crippen molar-refractivity contribution in [3.63, 3.8) is 0 Å². The zero-order valence-electron chi connectivity index (χ0n) is 22.9. The number of methoxy groups -OCH3 is 1. The maximum absolute atomic E-state index is 13.7. The molecule has 4 N–H and O–H groups in total. The number of carbonyl (C=O) groups is 3. The summed E-state index contributed by atoms with van der Waals surface area (Å²) in [6, 6.07) is 4.13. The molecule has 0 bridgehead atoms. The van der Waals surface area contributed by atoms with Crippen LogP contribution in [0.4, 0.5) is 0 Å². The fourth-order valence-corrected chi connectivity index (χ4v) is 6.11. The van der Waals surface area contributed by atoms with Gasteiger partial charge >= 0.3 is 0 Å². The topological polar surface area (TPSA) is 163 Å². The van der Waals surface area contributed by atoms with Crippen LogP contribution in [0.25, 0.3) is 0 Å². The van der Waals surface area contributed by atoms with E-state index in [0.29, 0.717) is 0 Å². The number of aliphatic hydroxyl groups excluding tert-OH is 1. The maximum atomic E-state index is 13.7. The average Bonchev–Trinajstić information content (AvgIpc) is 2.90. The van der Waals surface area contributed by atoms with E-state index in [2.05, 4.69) is 0 Å². The SMILES string of the molecule is COc1cccc2c1C(=O)c1c(O)c3c(c(O)c1C2=O)C[C@@](O)(C(C)=O)C[C@H]3O[C@H]1C[C@@H](N(C)C)[C@H](O)[C@@H](C)O1. The van der Waals surface area contributed by atoms with Gasteiger partial charge in [0.2, 0.25) is 5.78 Å². The largest absolute Gasteiger partial charge is 0.507 e. The number of fused-ring (bicyclic) bond motifs is 3. The van der Waals surface area contributed by atoms with E-state index in [1.54, 1.807) is 21.0 Å². The Labute approximate surface area is 230 Å². The number of carbonyl (C=O) groups excluding carboxylic acids is 3. The Bertz CT molecular complexity index is 1420. The number of hydrogen-bond acceptors (Lipinski definition) is 11. The third kappa shape index (κ3) is 4.20. The molecule has 40 heavy (non-hydrogen) atoms. The molecule has 0 saturated carbocycles. The second kappa shape index (κ2) is 9.93. The summed E-state index contributed by atoms with van der Waals surface area (Å²) in [4.78, 5) is 41.7. The van der Waals surface area contributed by atoms with Crippen LogP contribution in [0.15, 0.2) is 18.2 Å². The Morgan fingerprint density at radius 1 is 1.10 bits per heavy atom. The molecular weight excluding hydrogens is 522 g/mol. The minimum absolute atomic E-state index is 0.00480. The Hall–Kier alpha value is -3.35. The molecule has 3 aliphatic rings. The third-order valence-corrected chi connectivity index (χ3v) is 8.39. The van der Waals surface area contributed by atoms with E-state index in [0.717, 1.165) is 0 Å². The molecule has 11 nitrogen and oxygen atoms in total. The van der Waals surface area contributed by atoms with Gasteiger partial charge in [-0.1, -0.05) is 12.1 Å². The molecular formula is C29H33NO10. The van der Waals surface area contributed by atoms with Crippen LogP contribution in [0.2, 0.25) is 0 Å². The van der Waals surface area contributed by atoms with Crippen LogP contribution < -0.4 is 4.74 Å². The summed E-state index contributed by atoms with van der Waals surface area (Å²) >= 11 is 0. The molecule has 0 radical (unpaired) electrons. The number of nitrogens with zero attached hydrogens (tertiary/aromatic N) is 1. The van der Waals surface area contributed by atoms with Crippen molar-refractivity contribution in [1.29, 1.82) is 0 Å². The predicted molar refractivity (Wildman–Crippen MR) is 140 cm³/mol. The van der Waals surface area contributed by atoms with E-state index in [9.17, 15) is 34.8 Å². The fraction of sp³-hybridized carbons (Fsp3) is 0.483. The number of Topliss-reactive ketones (excluding diaryl/α,β-unsaturated/α-hetero) is 1. The molecule has 5 rings (SSSR count). The summed E-state index contributed by atoms with van der Waals surface area (Å²) in [6.45, 7) is 2.89. The van der Waals surface area contributed by atoms with Gasteiger partial charge in [0, 0.05) is 42.0 Å². The van der Waals surface area contributed by atoms with Crippen LogP contribution in [-0.4, -0.2) is 94.0 Å². The van der Waals surface area contributed by atoms with Crippen molar-refractivity contribution in [3.8, 4) is 17.2 Å². The normalized spacial score (nSPS) is 29.6. The number of benzene rings is 2. The lowest BCUT2D eigenvalue weighted by Crippen LogP contribution is -2.54. The lowest BCUT2D eigenvalue weighted by molar-refractivity contribution is -0.256. The second-order valence-electron chi connectivity index (χ2n) is 11.0. The Kier molecular flexibility index (Phi) is 7.00. The average molecular weight is 556 g/mol. The van der Waals surface area contributed by atoms with Crippen LogP contribution in [0.5, 0.6) is 17.2 Å². The summed E-state index contributed by atoms with van der Waals surface area (Å²) in [5.74, 6) is -3.08. The quantitative estimate of drug-likeness (QED) is 0.339. The van der Waals surface area contributed by atoms with Crippen molar-refractivity contribution in [2.24, 2.45) is 0 Å². The van der Waals surface area contributed by atoms with Gasteiger partial charge in [0.15, 0.2) is 17.9 Å². The lowest BCUT2D eigenvalue weighted by atomic mass is 9.72. The van der Waals surface area contributed by atoms with E-state index in [-0.39, 0.29) is 46.9 Å². The van der Waals surface area contributed by atoms with Crippen molar-refractivity contribution in [3.05, 3.63) is 51.6 Å². The van der Waals surface area contributed by atoms with Gasteiger partial charge < -0.3 is 39.5 Å². The maximum Gasteiger partial charge on any atom is 0.202 e. The molecule has 0 aromatic heterocycles. The summed E-state index contributed by atoms with van der Waals surface area (Å²) in [7, 11) is 4.96. The first-order valence-electron chi connectivity index (χ1n) is 13.1. The van der Waals surface area contributed by atoms with E-state index in [4.69, 9.17) is 14.2 Å². The molecule has 6 atom stereocenters. The Balaban J connectivity index is 1.66. The number of phenolic OH excluding ortho intramolecular Hbond substituents is 2. The van der Waals surface area contributed by atoms with Crippen molar-refractivity contribution in [1.82, 2.24) is 4.90 Å². The number of ether oxygens (including phenoxy) is 3. The van der Waals surface area contributed by atoms with Crippen LogP contribution in [0, 0.1) is 0 Å². The van der Waals surface area contributed by atoms with Crippen molar-refractivity contribution in [2.75, 3.05) is 21.2 Å². The minimum atomic E-state index is -1.99. The van der Waals surface area contributed by atoms with Gasteiger partial charge in [-0.25, -0.2) is 0 Å². The fourth-order valence-electron chi connectivity index (χ4n) is 6.11. The van der Waals surface area contributed by atoms with Gasteiger partial charge in [0.1, 0.15) is 22.8 Å². The molecule has 2 aromatic carbocycles. The van der Waals surface area contributed by atoms with Crippen LogP contribution in [0.1, 0.15) is 75.8 Å². The Morgan fingerprint density at radius 3 is 2.40 bits per heavy atom. The number of aliphatic hydroxyl groups is 2. The molecule has 11 heteroatoms. The predicted octanol–water partition coefficient (Wildman–Crippen LogP) is 1.63. The lowest BCUT2D eigenvalue weighted by Gasteiger charge is -2.44. The first-order chi connectivity index (χ1) is 18.8. The highest BCUT2D eigenvalue weighted by molar-refractivity contribution is 6.31. The van der Waals surface area contributed by atoms with Crippen LogP contribution in [0.3, 0.4) is 0 Å². The van der Waals surface area contributed by atoms with E-state index in [1.165, 1.54) is 32.2 Å². The van der Waals surface area contributed by atoms with Gasteiger partial charge in [0.25, 0.3) is 0 Å². The van der Waals surface area contributed by atoms with Crippen LogP contribution in [-0.2, 0) is 20.7 Å². The molecule has 0 unspecified atom stereocenters. The molecule has 2 aromatic rings. The highest BCUT2D eigenvalue weighted by Gasteiger charge is 2.49. The Morgan fingerprint density at radius 2 is 1.77 bits per heavy atom. The molecule has 1 saturated heterocycles. The molecule has 0 spiro atoms. The minimum Gasteiger partial charge on any atom is -0.507 e. The molecule has 1 fully saturated rings. The van der Waals surface area contributed by atoms with E-state index < -0.39 is 76.6 Å². The number of hydrogen-bond donors (Lipinski definition) is 4. The van der Waals surface area contributed by atoms with Gasteiger partial charge in [-0.15, -0.1) is 0 Å². The number of rotatable bonds is 5. The highest BCUT2D eigenvalue weighted by atomic mass is 16.7. The van der Waals surface area contributed by atoms with Gasteiger partial charge in [-0.05, 0) is 34.0 Å². The third-order valence-electron chi connectivity index (χ3n) is 8.39. The van der Waals surface area contributed by atoms with E-state index >= 15 is 0 Å². The first-order valence-corrected chi connectivity index (χ1v) is 13.1. The second-order valence-corrected chi connectivity index (χ2v) is 11.0. The van der Waals surface area contributed by atoms with Gasteiger partial charge in [-0.3, -0.25) is 14.4 Å². The molecule has 1 aliphatic heterocycles. The van der Waals surface area contributed by atoms with Gasteiger partial charge in [0.05, 0.1) is 42.1 Å². The first kappa shape index (κ1) is 28.2. The molecule has 1 heterocycles. The molecule has 214 valence electrons.